The minimum atomic E-state index is -0.428. The van der Waals surface area contributed by atoms with Crippen molar-refractivity contribution in [2.75, 3.05) is 0 Å². The number of hydrogen-bond donors (Lipinski definition) is 1. The lowest BCUT2D eigenvalue weighted by Crippen LogP contribution is -2.10. The molecule has 0 saturated heterocycles. The fourth-order valence-corrected chi connectivity index (χ4v) is 1.93. The lowest BCUT2D eigenvalue weighted by Gasteiger charge is -2.09. The van der Waals surface area contributed by atoms with Crippen LogP contribution >= 0.6 is 0 Å². The Hall–Kier alpha value is -1.61. The van der Waals surface area contributed by atoms with Crippen LogP contribution in [0.15, 0.2) is 42.7 Å². The molecule has 1 N–H and O–H groups in total. The van der Waals surface area contributed by atoms with Crippen LogP contribution < -0.4 is 0 Å². The van der Waals surface area contributed by atoms with Crippen LogP contribution in [0, 0.1) is 0 Å². The molecule has 0 unspecified atom stereocenters. The van der Waals surface area contributed by atoms with Crippen LogP contribution in [0.4, 0.5) is 0 Å². The van der Waals surface area contributed by atoms with E-state index in [9.17, 15) is 5.11 Å². The molecule has 1 heterocycles. The van der Waals surface area contributed by atoms with E-state index in [0.29, 0.717) is 0 Å². The maximum Gasteiger partial charge on any atom is 0.0690 e. The van der Waals surface area contributed by atoms with Gasteiger partial charge in [0.2, 0.25) is 0 Å². The summed E-state index contributed by atoms with van der Waals surface area (Å²) in [5.74, 6) is 0. The minimum absolute atomic E-state index is 0.428. The van der Waals surface area contributed by atoms with E-state index in [1.165, 1.54) is 5.56 Å². The monoisotopic (exact) mass is 214 g/mol. The van der Waals surface area contributed by atoms with E-state index in [2.05, 4.69) is 17.2 Å². The second-order valence-corrected chi connectivity index (χ2v) is 4.52. The van der Waals surface area contributed by atoms with Crippen LogP contribution in [0.2, 0.25) is 0 Å². The van der Waals surface area contributed by atoms with Gasteiger partial charge in [0.25, 0.3) is 0 Å². The van der Waals surface area contributed by atoms with Gasteiger partial charge in [-0.3, -0.25) is 0 Å². The summed E-state index contributed by atoms with van der Waals surface area (Å²) in [6, 6.07) is 10.1. The van der Waals surface area contributed by atoms with Gasteiger partial charge in [0.15, 0.2) is 0 Å². The maximum atomic E-state index is 9.88. The summed E-state index contributed by atoms with van der Waals surface area (Å²) < 4.78 is 1.83. The summed E-state index contributed by atoms with van der Waals surface area (Å²) in [6.07, 6.45) is 6.30. The smallest absolute Gasteiger partial charge is 0.0690 e. The molecule has 1 aliphatic carbocycles. The number of aliphatic hydroxyl groups is 1. The normalized spacial score (nSPS) is 17.3. The van der Waals surface area contributed by atoms with Crippen molar-refractivity contribution in [1.29, 1.82) is 0 Å². The number of rotatable bonds is 3. The molecule has 3 rings (SSSR count). The number of nitrogens with zero attached hydrogens (tertiary/aromatic N) is 2. The van der Waals surface area contributed by atoms with Gasteiger partial charge in [0, 0.05) is 18.8 Å². The molecular formula is C13H14N2O. The van der Waals surface area contributed by atoms with Crippen LogP contribution in [0.25, 0.3) is 5.69 Å². The zero-order valence-corrected chi connectivity index (χ0v) is 9.00. The molecule has 82 valence electrons. The highest BCUT2D eigenvalue weighted by Crippen LogP contribution is 2.38. The average molecular weight is 214 g/mol. The lowest BCUT2D eigenvalue weighted by molar-refractivity contribution is 0.151. The van der Waals surface area contributed by atoms with Gasteiger partial charge in [0.05, 0.1) is 11.3 Å². The van der Waals surface area contributed by atoms with Crippen molar-refractivity contribution in [3.05, 3.63) is 48.3 Å². The summed E-state index contributed by atoms with van der Waals surface area (Å²) >= 11 is 0. The molecule has 2 aromatic rings. The van der Waals surface area contributed by atoms with Crippen LogP contribution in [-0.4, -0.2) is 20.5 Å². The number of aromatic nitrogens is 2. The zero-order valence-electron chi connectivity index (χ0n) is 9.00. The van der Waals surface area contributed by atoms with E-state index in [4.69, 9.17) is 0 Å². The molecule has 0 aliphatic heterocycles. The molecule has 1 fully saturated rings. The Bertz CT molecular complexity index is 486. The van der Waals surface area contributed by atoms with E-state index >= 15 is 0 Å². The van der Waals surface area contributed by atoms with Crippen LogP contribution in [0.1, 0.15) is 18.4 Å². The molecule has 0 amide bonds. The van der Waals surface area contributed by atoms with E-state index in [1.807, 2.05) is 29.1 Å². The third-order valence-corrected chi connectivity index (χ3v) is 3.04. The highest BCUT2D eigenvalue weighted by molar-refractivity contribution is 5.36. The van der Waals surface area contributed by atoms with Crippen LogP contribution in [-0.2, 0) is 6.42 Å². The fraction of sp³-hybridized carbons (Fsp3) is 0.308. The number of benzene rings is 1. The second kappa shape index (κ2) is 3.46. The Morgan fingerprint density at radius 2 is 2.19 bits per heavy atom. The van der Waals surface area contributed by atoms with Gasteiger partial charge in [-0.15, -0.1) is 0 Å². The highest BCUT2D eigenvalue weighted by Gasteiger charge is 2.40. The van der Waals surface area contributed by atoms with Gasteiger partial charge in [-0.25, -0.2) is 4.68 Å². The van der Waals surface area contributed by atoms with E-state index < -0.39 is 5.60 Å². The third kappa shape index (κ3) is 1.86. The molecule has 0 radical (unpaired) electrons. The van der Waals surface area contributed by atoms with Crippen molar-refractivity contribution in [1.82, 2.24) is 9.78 Å². The summed E-state index contributed by atoms with van der Waals surface area (Å²) in [7, 11) is 0. The van der Waals surface area contributed by atoms with Gasteiger partial charge < -0.3 is 5.11 Å². The van der Waals surface area contributed by atoms with Gasteiger partial charge in [-0.1, -0.05) is 12.1 Å². The van der Waals surface area contributed by atoms with Gasteiger partial charge >= 0.3 is 0 Å². The molecule has 0 atom stereocenters. The van der Waals surface area contributed by atoms with Gasteiger partial charge in [0.1, 0.15) is 0 Å². The van der Waals surface area contributed by atoms with Gasteiger partial charge in [-0.05, 0) is 36.6 Å². The maximum absolute atomic E-state index is 9.88. The molecule has 1 aliphatic rings. The molecule has 1 aromatic heterocycles. The second-order valence-electron chi connectivity index (χ2n) is 4.52. The Morgan fingerprint density at radius 3 is 2.88 bits per heavy atom. The third-order valence-electron chi connectivity index (χ3n) is 3.04. The lowest BCUT2D eigenvalue weighted by atomic mass is 10.1. The predicted molar refractivity (Wildman–Crippen MR) is 61.5 cm³/mol. The van der Waals surface area contributed by atoms with Crippen molar-refractivity contribution in [2.24, 2.45) is 0 Å². The Kier molecular flexibility index (Phi) is 2.07. The summed E-state index contributed by atoms with van der Waals surface area (Å²) in [4.78, 5) is 0. The summed E-state index contributed by atoms with van der Waals surface area (Å²) in [5, 5.41) is 14.1. The first-order valence-corrected chi connectivity index (χ1v) is 5.57. The van der Waals surface area contributed by atoms with Crippen LogP contribution in [0.3, 0.4) is 0 Å². The summed E-state index contributed by atoms with van der Waals surface area (Å²) in [6.45, 7) is 0. The first-order valence-electron chi connectivity index (χ1n) is 5.57. The van der Waals surface area contributed by atoms with Crippen LogP contribution in [0.5, 0.6) is 0 Å². The first kappa shape index (κ1) is 9.60. The number of hydrogen-bond acceptors (Lipinski definition) is 2. The molecule has 16 heavy (non-hydrogen) atoms. The zero-order chi connectivity index (χ0) is 11.0. The highest BCUT2D eigenvalue weighted by atomic mass is 16.3. The van der Waals surface area contributed by atoms with Crippen molar-refractivity contribution < 1.29 is 5.11 Å². The molecule has 0 spiro atoms. The SMILES string of the molecule is OC1(Cc2cccc(-n3cccn3)c2)CC1. The molecule has 3 nitrogen and oxygen atoms in total. The largest absolute Gasteiger partial charge is 0.390 e. The van der Waals surface area contributed by atoms with Crippen molar-refractivity contribution in [3.63, 3.8) is 0 Å². The fourth-order valence-electron chi connectivity index (χ4n) is 1.93. The molecule has 1 aromatic carbocycles. The Labute approximate surface area is 94.3 Å². The van der Waals surface area contributed by atoms with Crippen molar-refractivity contribution in [3.8, 4) is 5.69 Å². The van der Waals surface area contributed by atoms with Gasteiger partial charge in [-0.2, -0.15) is 5.10 Å². The van der Waals surface area contributed by atoms with Crippen molar-refractivity contribution >= 4 is 0 Å². The molecule has 1 saturated carbocycles. The van der Waals surface area contributed by atoms with Crippen molar-refractivity contribution in [2.45, 2.75) is 24.9 Å². The minimum Gasteiger partial charge on any atom is -0.390 e. The van der Waals surface area contributed by atoms with E-state index in [0.717, 1.165) is 24.9 Å². The first-order chi connectivity index (χ1) is 7.75. The van der Waals surface area contributed by atoms with E-state index in [-0.39, 0.29) is 0 Å². The molecular weight excluding hydrogens is 200 g/mol. The molecule has 3 heteroatoms. The Balaban J connectivity index is 1.88. The summed E-state index contributed by atoms with van der Waals surface area (Å²) in [5.41, 5.74) is 1.79. The standard InChI is InChI=1S/C13H14N2O/c16-13(5-6-13)10-11-3-1-4-12(9-11)15-8-2-7-14-15/h1-4,7-9,16H,5-6,10H2. The quantitative estimate of drug-likeness (QED) is 0.848. The Morgan fingerprint density at radius 1 is 1.31 bits per heavy atom. The predicted octanol–water partition coefficient (Wildman–Crippen LogP) is 1.94. The molecule has 0 bridgehead atoms. The topological polar surface area (TPSA) is 38.0 Å². The van der Waals surface area contributed by atoms with E-state index in [1.54, 1.807) is 6.20 Å². The average Bonchev–Trinajstić information content (AvgIpc) is 2.84.